The van der Waals surface area contributed by atoms with Crippen molar-refractivity contribution in [1.82, 2.24) is 4.57 Å². The van der Waals surface area contributed by atoms with Gasteiger partial charge in [0.25, 0.3) is 0 Å². The first-order chi connectivity index (χ1) is 19.1. The molecule has 39 heavy (non-hydrogen) atoms. The van der Waals surface area contributed by atoms with Crippen LogP contribution < -0.4 is 0 Å². The molecule has 0 aliphatic heterocycles. The van der Waals surface area contributed by atoms with Crippen molar-refractivity contribution in [1.29, 1.82) is 0 Å². The maximum absolute atomic E-state index is 6.67. The number of para-hydroxylation sites is 2. The Kier molecular flexibility index (Phi) is 3.89. The van der Waals surface area contributed by atoms with Crippen molar-refractivity contribution in [2.75, 3.05) is 0 Å². The second-order valence-electron chi connectivity index (χ2n) is 11.3. The number of aromatic nitrogens is 1. The molecule has 0 bridgehead atoms. The van der Waals surface area contributed by atoms with Gasteiger partial charge in [-0.15, -0.1) is 0 Å². The van der Waals surface area contributed by atoms with Gasteiger partial charge in [0.2, 0.25) is 0 Å². The molecule has 0 atom stereocenters. The van der Waals surface area contributed by atoms with Gasteiger partial charge in [0.1, 0.15) is 11.2 Å². The second-order valence-corrected chi connectivity index (χ2v) is 11.3. The quantitative estimate of drug-likeness (QED) is 0.220. The topological polar surface area (TPSA) is 18.1 Å². The fraction of sp³-hybridized carbons (Fsp3) is 0.0811. The third kappa shape index (κ3) is 2.56. The minimum Gasteiger partial charge on any atom is -0.455 e. The molecule has 0 saturated carbocycles. The summed E-state index contributed by atoms with van der Waals surface area (Å²) in [4.78, 5) is 0. The highest BCUT2D eigenvalue weighted by Crippen LogP contribution is 2.50. The first kappa shape index (κ1) is 21.2. The zero-order chi connectivity index (χ0) is 25.9. The minimum absolute atomic E-state index is 0.0607. The van der Waals surface area contributed by atoms with Gasteiger partial charge in [0, 0.05) is 32.6 Å². The van der Waals surface area contributed by atoms with Crippen molar-refractivity contribution in [2.24, 2.45) is 0 Å². The van der Waals surface area contributed by atoms with Crippen molar-refractivity contribution >= 4 is 54.5 Å². The molecule has 1 aliphatic rings. The van der Waals surface area contributed by atoms with Crippen molar-refractivity contribution in [3.63, 3.8) is 0 Å². The Balaban J connectivity index is 1.48. The summed E-state index contributed by atoms with van der Waals surface area (Å²) in [5.41, 5.74) is 10.9. The Labute approximate surface area is 225 Å². The minimum atomic E-state index is -0.0607. The summed E-state index contributed by atoms with van der Waals surface area (Å²) in [5, 5.41) is 7.22. The Hall–Kier alpha value is -4.82. The van der Waals surface area contributed by atoms with Gasteiger partial charge in [0.15, 0.2) is 0 Å². The Morgan fingerprint density at radius 2 is 1.23 bits per heavy atom. The molecule has 0 spiro atoms. The molecule has 6 aromatic carbocycles. The van der Waals surface area contributed by atoms with Crippen molar-refractivity contribution in [3.8, 4) is 16.8 Å². The van der Waals surface area contributed by atoms with Crippen LogP contribution in [0.5, 0.6) is 0 Å². The lowest BCUT2D eigenvalue weighted by Gasteiger charge is -2.22. The lowest BCUT2D eigenvalue weighted by atomic mass is 9.82. The first-order valence-corrected chi connectivity index (χ1v) is 13.6. The van der Waals surface area contributed by atoms with Gasteiger partial charge in [-0.1, -0.05) is 105 Å². The van der Waals surface area contributed by atoms with E-state index in [1.807, 2.05) is 0 Å². The van der Waals surface area contributed by atoms with Crippen molar-refractivity contribution in [2.45, 2.75) is 19.3 Å². The van der Waals surface area contributed by atoms with Crippen LogP contribution in [-0.2, 0) is 5.41 Å². The number of hydrogen-bond donors (Lipinski definition) is 0. The van der Waals surface area contributed by atoms with Crippen molar-refractivity contribution in [3.05, 3.63) is 126 Å². The van der Waals surface area contributed by atoms with E-state index in [4.69, 9.17) is 4.42 Å². The molecule has 2 heterocycles. The first-order valence-electron chi connectivity index (χ1n) is 13.6. The van der Waals surface area contributed by atoms with E-state index in [9.17, 15) is 0 Å². The van der Waals surface area contributed by atoms with Gasteiger partial charge >= 0.3 is 0 Å². The predicted molar refractivity (Wildman–Crippen MR) is 163 cm³/mol. The molecule has 0 fully saturated rings. The summed E-state index contributed by atoms with van der Waals surface area (Å²) in [6, 6.07) is 41.8. The summed E-state index contributed by atoms with van der Waals surface area (Å²) in [7, 11) is 0. The van der Waals surface area contributed by atoms with Crippen LogP contribution in [-0.4, -0.2) is 4.57 Å². The molecular weight excluding hydrogens is 474 g/mol. The van der Waals surface area contributed by atoms with E-state index < -0.39 is 0 Å². The van der Waals surface area contributed by atoms with Gasteiger partial charge in [-0.2, -0.15) is 0 Å². The third-order valence-electron chi connectivity index (χ3n) is 8.97. The zero-order valence-corrected chi connectivity index (χ0v) is 21.8. The Morgan fingerprint density at radius 3 is 2.10 bits per heavy atom. The summed E-state index contributed by atoms with van der Waals surface area (Å²) in [6.45, 7) is 4.70. The average molecular weight is 500 g/mol. The molecule has 2 nitrogen and oxygen atoms in total. The van der Waals surface area contributed by atoms with Gasteiger partial charge in [-0.25, -0.2) is 0 Å². The van der Waals surface area contributed by atoms with E-state index in [-0.39, 0.29) is 5.41 Å². The highest BCUT2D eigenvalue weighted by atomic mass is 16.3. The molecule has 2 aromatic heterocycles. The number of fused-ring (bicyclic) bond motifs is 13. The van der Waals surface area contributed by atoms with Crippen molar-refractivity contribution < 1.29 is 4.42 Å². The molecule has 0 N–H and O–H groups in total. The van der Waals surface area contributed by atoms with Gasteiger partial charge < -0.3 is 8.98 Å². The summed E-state index contributed by atoms with van der Waals surface area (Å²) >= 11 is 0. The molecule has 0 radical (unpaired) electrons. The second kappa shape index (κ2) is 7.18. The molecule has 0 unspecified atom stereocenters. The monoisotopic (exact) mass is 499 g/mol. The van der Waals surface area contributed by atoms with Gasteiger partial charge in [-0.05, 0) is 51.9 Å². The number of rotatable bonds is 1. The largest absolute Gasteiger partial charge is 0.455 e. The fourth-order valence-corrected chi connectivity index (χ4v) is 7.22. The number of nitrogens with zero attached hydrogens (tertiary/aromatic N) is 1. The Morgan fingerprint density at radius 1 is 0.564 bits per heavy atom. The van der Waals surface area contributed by atoms with Crippen LogP contribution in [0.4, 0.5) is 0 Å². The maximum atomic E-state index is 6.67. The molecule has 8 aromatic rings. The highest BCUT2D eigenvalue weighted by Gasteiger charge is 2.35. The van der Waals surface area contributed by atoms with Crippen LogP contribution in [0.2, 0.25) is 0 Å². The highest BCUT2D eigenvalue weighted by molar-refractivity contribution is 6.35. The van der Waals surface area contributed by atoms with E-state index >= 15 is 0 Å². The van der Waals surface area contributed by atoms with E-state index in [1.54, 1.807) is 0 Å². The van der Waals surface area contributed by atoms with Crippen LogP contribution in [0, 0.1) is 0 Å². The summed E-state index contributed by atoms with van der Waals surface area (Å²) in [6.07, 6.45) is 0. The summed E-state index contributed by atoms with van der Waals surface area (Å²) in [5.74, 6) is 0. The van der Waals surface area contributed by atoms with Crippen LogP contribution in [0.15, 0.2) is 120 Å². The normalized spacial score (nSPS) is 14.1. The zero-order valence-electron chi connectivity index (χ0n) is 21.8. The number of furan rings is 1. The number of hydrogen-bond acceptors (Lipinski definition) is 1. The Bertz CT molecular complexity index is 2310. The molecular formula is C37H25NO. The molecule has 2 heteroatoms. The smallest absolute Gasteiger partial charge is 0.146 e. The molecule has 9 rings (SSSR count). The molecule has 0 saturated heterocycles. The van der Waals surface area contributed by atoms with Crippen LogP contribution in [0.1, 0.15) is 25.0 Å². The molecule has 0 amide bonds. The van der Waals surface area contributed by atoms with Crippen LogP contribution in [0.3, 0.4) is 0 Å². The van der Waals surface area contributed by atoms with Crippen LogP contribution in [0.25, 0.3) is 71.3 Å². The van der Waals surface area contributed by atoms with E-state index in [2.05, 4.69) is 134 Å². The predicted octanol–water partition coefficient (Wildman–Crippen LogP) is 10.1. The van der Waals surface area contributed by atoms with Gasteiger partial charge in [-0.3, -0.25) is 0 Å². The average Bonchev–Trinajstić information content (AvgIpc) is 3.60. The van der Waals surface area contributed by atoms with E-state index in [1.165, 1.54) is 71.3 Å². The molecule has 1 aliphatic carbocycles. The lowest BCUT2D eigenvalue weighted by molar-refractivity contribution is 0.660. The van der Waals surface area contributed by atoms with E-state index in [0.717, 1.165) is 11.2 Å². The van der Waals surface area contributed by atoms with Gasteiger partial charge in [0.05, 0.1) is 16.4 Å². The number of benzene rings is 6. The molecule has 184 valence electrons. The fourth-order valence-electron chi connectivity index (χ4n) is 7.22. The maximum Gasteiger partial charge on any atom is 0.146 e. The summed E-state index contributed by atoms with van der Waals surface area (Å²) < 4.78 is 9.12. The van der Waals surface area contributed by atoms with Crippen LogP contribution >= 0.6 is 0 Å². The third-order valence-corrected chi connectivity index (χ3v) is 8.97. The SMILES string of the molecule is CC1(C)c2ccccc2-c2ccc(-n3c4ccccc4c4c5oc6ccccc6c5c5ccccc5c43)cc21. The van der Waals surface area contributed by atoms with E-state index in [0.29, 0.717) is 0 Å². The standard InChI is InChI=1S/C37H25NO/c1-37(2)29-16-8-5-11-23(29)24-20-19-22(21-30(24)37)38-31-17-9-6-14-27(31)34-35(38)26-13-4-3-12-25(26)33-28-15-7-10-18-32(28)39-36(33)34/h3-21H,1-2H3. The lowest BCUT2D eigenvalue weighted by Crippen LogP contribution is -2.15.